The molecule has 23 nitrogen and oxygen atoms in total. The summed E-state index contributed by atoms with van der Waals surface area (Å²) in [5.74, 6) is -2.62. The van der Waals surface area contributed by atoms with Crippen molar-refractivity contribution >= 4 is 47.6 Å². The first-order chi connectivity index (χ1) is 41.2. The molecule has 2 aromatic heterocycles. The van der Waals surface area contributed by atoms with Gasteiger partial charge in [0.25, 0.3) is 0 Å². The lowest BCUT2D eigenvalue weighted by Crippen LogP contribution is -2.60. The number of aliphatic hydroxyl groups is 1. The van der Waals surface area contributed by atoms with Crippen molar-refractivity contribution in [3.63, 3.8) is 0 Å². The Balaban J connectivity index is 1.17. The minimum absolute atomic E-state index is 0.0447. The predicted octanol–water partition coefficient (Wildman–Crippen LogP) is 5.64. The van der Waals surface area contributed by atoms with Gasteiger partial charge in [-0.1, -0.05) is 104 Å². The van der Waals surface area contributed by atoms with Gasteiger partial charge in [-0.05, 0) is 80.6 Å². The number of rotatable bonds is 42. The van der Waals surface area contributed by atoms with Crippen LogP contribution in [0.3, 0.4) is 0 Å². The smallest absolute Gasteiger partial charge is 0.249 e. The van der Waals surface area contributed by atoms with Crippen molar-refractivity contribution in [1.82, 2.24) is 50.3 Å². The van der Waals surface area contributed by atoms with Gasteiger partial charge in [0.15, 0.2) is 0 Å². The maximum Gasteiger partial charge on any atom is 0.249 e. The van der Waals surface area contributed by atoms with E-state index in [1.54, 1.807) is 66.7 Å². The molecule has 1 aliphatic heterocycles. The van der Waals surface area contributed by atoms with E-state index in [1.165, 1.54) is 19.1 Å². The number of likely N-dealkylation sites (tertiary alicyclic amines) is 1. The van der Waals surface area contributed by atoms with Gasteiger partial charge in [0, 0.05) is 47.6 Å². The number of hydrogen-bond acceptors (Lipinski definition) is 17. The van der Waals surface area contributed by atoms with E-state index in [4.69, 9.17) is 28.4 Å². The Morgan fingerprint density at radius 2 is 1.43 bits per heavy atom. The highest BCUT2D eigenvalue weighted by atomic mass is 16.6. The number of methoxy groups -OCH3 is 2. The first-order valence-electron chi connectivity index (χ1n) is 30.5. The summed E-state index contributed by atoms with van der Waals surface area (Å²) in [6.45, 7) is 26.2. The van der Waals surface area contributed by atoms with Crippen LogP contribution in [0, 0.1) is 23.7 Å². The molecule has 0 bridgehead atoms. The van der Waals surface area contributed by atoms with Crippen molar-refractivity contribution in [3.8, 4) is 0 Å². The van der Waals surface area contributed by atoms with Crippen molar-refractivity contribution in [1.29, 1.82) is 0 Å². The maximum absolute atomic E-state index is 14.7. The zero-order valence-electron chi connectivity index (χ0n) is 53.3. The largest absolute Gasteiger partial charge is 0.386 e. The minimum atomic E-state index is -0.969. The van der Waals surface area contributed by atoms with Gasteiger partial charge in [0.05, 0.1) is 119 Å². The van der Waals surface area contributed by atoms with Gasteiger partial charge in [-0.25, -0.2) is 14.6 Å². The third kappa shape index (κ3) is 22.5. The van der Waals surface area contributed by atoms with E-state index in [1.807, 2.05) is 72.0 Å². The molecule has 0 saturated carbocycles. The molecule has 0 unspecified atom stereocenters. The molecular weight excluding hydrogens is 1100 g/mol. The second-order valence-electron chi connectivity index (χ2n) is 22.9. The first kappa shape index (κ1) is 72.3. The van der Waals surface area contributed by atoms with Crippen molar-refractivity contribution in [3.05, 3.63) is 78.4 Å². The molecule has 0 spiro atoms. The summed E-state index contributed by atoms with van der Waals surface area (Å²) in [5, 5.41) is 28.6. The first-order valence-corrected chi connectivity index (χ1v) is 30.5. The molecule has 3 aromatic rings. The van der Waals surface area contributed by atoms with Crippen LogP contribution < -0.4 is 16.0 Å². The van der Waals surface area contributed by atoms with Crippen molar-refractivity contribution in [2.24, 2.45) is 23.7 Å². The van der Waals surface area contributed by atoms with E-state index >= 15 is 0 Å². The van der Waals surface area contributed by atoms with E-state index in [0.717, 1.165) is 42.9 Å². The average molecular weight is 1200 g/mol. The number of nitrogens with one attached hydrogen (secondary N) is 3. The van der Waals surface area contributed by atoms with Crippen LogP contribution in [0.4, 0.5) is 5.95 Å². The monoisotopic (exact) mass is 1200 g/mol. The van der Waals surface area contributed by atoms with E-state index < -0.39 is 66.3 Å². The van der Waals surface area contributed by atoms with Crippen molar-refractivity contribution in [2.45, 2.75) is 155 Å². The van der Waals surface area contributed by atoms with Crippen LogP contribution in [0.2, 0.25) is 0 Å². The fourth-order valence-electron chi connectivity index (χ4n) is 10.8. The van der Waals surface area contributed by atoms with Gasteiger partial charge in [0.1, 0.15) is 18.7 Å². The predicted molar refractivity (Wildman–Crippen MR) is 330 cm³/mol. The summed E-state index contributed by atoms with van der Waals surface area (Å²) in [7, 11) is 6.29. The third-order valence-electron chi connectivity index (χ3n) is 15.9. The van der Waals surface area contributed by atoms with Crippen LogP contribution in [-0.2, 0) is 65.4 Å². The molecule has 480 valence electrons. The highest BCUT2D eigenvalue weighted by molar-refractivity contribution is 5.92. The van der Waals surface area contributed by atoms with Crippen LogP contribution in [-0.4, -0.2) is 211 Å². The molecule has 3 heterocycles. The Labute approximate surface area is 510 Å². The summed E-state index contributed by atoms with van der Waals surface area (Å²) in [6, 6.07) is 7.53. The molecule has 1 aromatic carbocycles. The van der Waals surface area contributed by atoms with Gasteiger partial charge in [0.2, 0.25) is 35.5 Å². The minimum Gasteiger partial charge on any atom is -0.386 e. The van der Waals surface area contributed by atoms with Gasteiger partial charge in [-0.3, -0.25) is 24.0 Å². The molecule has 4 rings (SSSR count). The molecule has 1 aliphatic rings. The number of hydrogen-bond donors (Lipinski definition) is 4. The molecular formula is C63H101N11O12. The molecule has 86 heavy (non-hydrogen) atoms. The zero-order chi connectivity index (χ0) is 63.3. The molecule has 1 fully saturated rings. The van der Waals surface area contributed by atoms with Crippen molar-refractivity contribution < 1.29 is 57.5 Å². The topological polar surface area (TPSA) is 263 Å². The lowest BCUT2D eigenvalue weighted by atomic mass is 9.89. The summed E-state index contributed by atoms with van der Waals surface area (Å²) in [6.07, 6.45) is 7.64. The van der Waals surface area contributed by atoms with Gasteiger partial charge >= 0.3 is 0 Å². The molecule has 23 heteroatoms. The van der Waals surface area contributed by atoms with E-state index in [0.29, 0.717) is 76.9 Å². The van der Waals surface area contributed by atoms with E-state index in [9.17, 15) is 29.1 Å². The van der Waals surface area contributed by atoms with Gasteiger partial charge in [-0.15, -0.1) is 5.10 Å². The molecule has 0 aliphatic carbocycles. The number of aliphatic hydroxyl groups excluding tert-OH is 1. The highest BCUT2D eigenvalue weighted by Gasteiger charge is 2.44. The average Bonchev–Trinajstić information content (AvgIpc) is 2.61. The van der Waals surface area contributed by atoms with Crippen molar-refractivity contribution in [2.75, 3.05) is 99.6 Å². The zero-order valence-corrected chi connectivity index (χ0v) is 53.3. The van der Waals surface area contributed by atoms with E-state index in [-0.39, 0.29) is 61.7 Å². The summed E-state index contributed by atoms with van der Waals surface area (Å²) < 4.78 is 36.4. The Morgan fingerprint density at radius 1 is 0.802 bits per heavy atom. The van der Waals surface area contributed by atoms with Crippen LogP contribution in [0.1, 0.15) is 123 Å². The Hall–Kier alpha value is -6.21. The van der Waals surface area contributed by atoms with Gasteiger partial charge in [-0.2, -0.15) is 0 Å². The second kappa shape index (κ2) is 38.2. The van der Waals surface area contributed by atoms with Crippen LogP contribution >= 0.6 is 0 Å². The normalized spacial score (nSPS) is 16.5. The lowest BCUT2D eigenvalue weighted by Gasteiger charge is -2.41. The molecule has 1 saturated heterocycles. The Bertz CT molecular complexity index is 2510. The standard InChI is InChI=1S/C63H101N11O12/c1-15-44(8)57(52(81-13)39-53(75)74-29-23-27-51(74)59(82-14)45(9)60(78)65-46(10)58(77)47-24-19-18-20-25-47)72(12)62(80)55(42(4)5)68-61(79)56(43(6)7)71(11)54(76)41-86-37-36-85-35-34-84-33-32-83-31-30-73-40-50(69-70-73)26-21-22-28-64-63-66-48(16-2)38-49(17-3)67-63/h16-20,24-25,38,40,42-46,51-52,55-59,77H,2-3,15,21-23,26-37,39,41H2,1,4-14H3,(H,65,78)(H,68,79)(H,64,66,67)/t44-,45+,46+,51-,52+,55-,56-,57-,58+,59+/m0/s1. The summed E-state index contributed by atoms with van der Waals surface area (Å²) >= 11 is 0. The number of carbonyl (C=O) groups excluding carboxylic acids is 5. The molecule has 10 atom stereocenters. The number of aryl methyl sites for hydroxylation is 1. The lowest BCUT2D eigenvalue weighted by molar-refractivity contribution is -0.149. The second-order valence-corrected chi connectivity index (χ2v) is 22.9. The third-order valence-corrected chi connectivity index (χ3v) is 15.9. The Kier molecular flexibility index (Phi) is 32.1. The number of nitrogens with zero attached hydrogens (tertiary/aromatic N) is 8. The van der Waals surface area contributed by atoms with Gasteiger partial charge < -0.3 is 64.2 Å². The number of unbranched alkanes of at least 4 members (excludes halogenated alkanes) is 1. The Morgan fingerprint density at radius 3 is 2.01 bits per heavy atom. The highest BCUT2D eigenvalue weighted by Crippen LogP contribution is 2.30. The fourth-order valence-corrected chi connectivity index (χ4v) is 10.8. The maximum atomic E-state index is 14.7. The van der Waals surface area contributed by atoms with E-state index in [2.05, 4.69) is 49.4 Å². The van der Waals surface area contributed by atoms with Crippen LogP contribution in [0.5, 0.6) is 0 Å². The van der Waals surface area contributed by atoms with Crippen LogP contribution in [0.15, 0.2) is 55.8 Å². The quantitative estimate of drug-likeness (QED) is 0.0500. The number of benzene rings is 1. The molecule has 4 N–H and O–H groups in total. The number of likely N-dealkylation sites (N-methyl/N-ethyl adjacent to an activating group) is 2. The number of ether oxygens (including phenoxy) is 6. The number of aromatic nitrogens is 5. The number of anilines is 1. The SMILES string of the molecule is C=Cc1cc(C=C)nc(NCCCCc2cn(CCOCCOCCOCCOCC(=O)N(C)[C@H](C(=O)N[C@H](C(=O)N(C)[C@@H]([C@@H](C)CC)[C@@H](CC(=O)N3CCC[C@H]3[C@H](OC)[C@@H](C)C(=O)N[C@H](C)[C@@H](O)c3ccccc3)OC)C(C)C)C(C)C)nn2)n1. The summed E-state index contributed by atoms with van der Waals surface area (Å²) in [5.41, 5.74) is 3.09. The number of carbonyl (C=O) groups is 5. The fraction of sp³-hybridized carbons (Fsp3) is 0.667. The molecule has 5 amide bonds. The van der Waals surface area contributed by atoms with Crippen LogP contribution in [0.25, 0.3) is 12.2 Å². The summed E-state index contributed by atoms with van der Waals surface area (Å²) in [4.78, 5) is 83.9. The molecule has 0 radical (unpaired) electrons. The number of amides is 5.